The second-order valence-electron chi connectivity index (χ2n) is 8.65. The van der Waals surface area contributed by atoms with E-state index >= 15 is 0 Å². The van der Waals surface area contributed by atoms with Crippen molar-refractivity contribution in [3.63, 3.8) is 0 Å². The van der Waals surface area contributed by atoms with Gasteiger partial charge in [-0.1, -0.05) is 54.1 Å². The fourth-order valence-electron chi connectivity index (χ4n) is 4.12. The molecule has 0 saturated carbocycles. The van der Waals surface area contributed by atoms with Gasteiger partial charge in [-0.15, -0.1) is 0 Å². The van der Waals surface area contributed by atoms with Crippen molar-refractivity contribution >= 4 is 22.5 Å². The van der Waals surface area contributed by atoms with Crippen LogP contribution >= 0.6 is 0 Å². The van der Waals surface area contributed by atoms with Gasteiger partial charge in [-0.3, -0.25) is 23.7 Å². The highest BCUT2D eigenvalue weighted by atomic mass is 16.2. The number of para-hydroxylation sites is 1. The van der Waals surface area contributed by atoms with E-state index in [0.29, 0.717) is 28.7 Å². The summed E-state index contributed by atoms with van der Waals surface area (Å²) in [7, 11) is 0. The Morgan fingerprint density at radius 1 is 0.778 bits per heavy atom. The van der Waals surface area contributed by atoms with E-state index in [-0.39, 0.29) is 23.7 Å². The van der Waals surface area contributed by atoms with E-state index in [1.807, 2.05) is 37.3 Å². The first-order chi connectivity index (χ1) is 17.5. The number of carbonyl (C=O) groups is 1. The number of carbonyl (C=O) groups excluding carboxylic acids is 1. The number of anilines is 1. The van der Waals surface area contributed by atoms with Crippen LogP contribution in [0.5, 0.6) is 0 Å². The van der Waals surface area contributed by atoms with Gasteiger partial charge in [0.25, 0.3) is 11.5 Å². The number of nitrogens with one attached hydrogen (secondary N) is 1. The Balaban J connectivity index is 1.46. The number of pyridine rings is 1. The van der Waals surface area contributed by atoms with Crippen molar-refractivity contribution in [1.29, 1.82) is 0 Å². The van der Waals surface area contributed by atoms with Crippen molar-refractivity contribution in [2.45, 2.75) is 20.0 Å². The van der Waals surface area contributed by atoms with Crippen molar-refractivity contribution in [2.75, 3.05) is 5.32 Å². The fraction of sp³-hybridized carbons (Fsp3) is 0.103. The molecule has 0 fully saturated rings. The summed E-state index contributed by atoms with van der Waals surface area (Å²) in [5.74, 6) is -0.254. The first-order valence-electron chi connectivity index (χ1n) is 11.6. The molecule has 5 rings (SSSR count). The lowest BCUT2D eigenvalue weighted by atomic mass is 10.1. The molecule has 1 N–H and O–H groups in total. The number of benzene rings is 3. The van der Waals surface area contributed by atoms with Gasteiger partial charge in [-0.25, -0.2) is 4.79 Å². The molecule has 2 aromatic heterocycles. The number of rotatable bonds is 6. The van der Waals surface area contributed by atoms with Gasteiger partial charge < -0.3 is 5.32 Å². The van der Waals surface area contributed by atoms with Crippen LogP contribution < -0.4 is 16.6 Å². The van der Waals surface area contributed by atoms with Crippen molar-refractivity contribution in [3.05, 3.63) is 140 Å². The summed E-state index contributed by atoms with van der Waals surface area (Å²) in [4.78, 5) is 43.3. The zero-order chi connectivity index (χ0) is 25.1. The molecule has 2 heterocycles. The highest BCUT2D eigenvalue weighted by molar-refractivity contribution is 6.04. The summed E-state index contributed by atoms with van der Waals surface area (Å²) >= 11 is 0. The highest BCUT2D eigenvalue weighted by Crippen LogP contribution is 2.13. The van der Waals surface area contributed by atoms with Crippen LogP contribution in [-0.4, -0.2) is 20.0 Å². The van der Waals surface area contributed by atoms with Crippen LogP contribution in [0.25, 0.3) is 10.9 Å². The monoisotopic (exact) mass is 476 g/mol. The summed E-state index contributed by atoms with van der Waals surface area (Å²) in [6.45, 7) is 2.47. The average Bonchev–Trinajstić information content (AvgIpc) is 2.91. The molecule has 0 bridgehead atoms. The summed E-state index contributed by atoms with van der Waals surface area (Å²) in [6, 6.07) is 25.4. The lowest BCUT2D eigenvalue weighted by Crippen LogP contribution is -2.40. The molecule has 0 aliphatic rings. The predicted octanol–water partition coefficient (Wildman–Crippen LogP) is 4.22. The maximum atomic E-state index is 13.5. The molecule has 178 valence electrons. The second kappa shape index (κ2) is 9.84. The quantitative estimate of drug-likeness (QED) is 0.398. The standard InChI is InChI=1S/C29H24N4O3/c1-20-6-8-21(9-7-20)18-32-26-5-3-2-4-25(26)28(35)33(29(32)36)19-22-10-12-23(13-11-22)27(34)31-24-14-16-30-17-15-24/h2-17H,18-19H2,1H3,(H,30,31,34). The van der Waals surface area contributed by atoms with Crippen LogP contribution in [-0.2, 0) is 13.1 Å². The molecule has 0 unspecified atom stereocenters. The first-order valence-corrected chi connectivity index (χ1v) is 11.6. The zero-order valence-corrected chi connectivity index (χ0v) is 19.7. The van der Waals surface area contributed by atoms with Crippen molar-refractivity contribution in [1.82, 2.24) is 14.1 Å². The van der Waals surface area contributed by atoms with E-state index in [4.69, 9.17) is 0 Å². The number of amides is 1. The third-order valence-electron chi connectivity index (χ3n) is 6.09. The average molecular weight is 477 g/mol. The van der Waals surface area contributed by atoms with Gasteiger partial charge in [0.1, 0.15) is 0 Å². The number of nitrogens with zero attached hydrogens (tertiary/aromatic N) is 3. The van der Waals surface area contributed by atoms with Gasteiger partial charge in [0.15, 0.2) is 0 Å². The number of hydrogen-bond donors (Lipinski definition) is 1. The molecule has 7 nitrogen and oxygen atoms in total. The fourth-order valence-corrected chi connectivity index (χ4v) is 4.12. The Morgan fingerprint density at radius 3 is 2.08 bits per heavy atom. The summed E-state index contributed by atoms with van der Waals surface area (Å²) < 4.78 is 2.89. The van der Waals surface area contributed by atoms with Crippen LogP contribution in [0.3, 0.4) is 0 Å². The Bertz CT molecular complexity index is 1650. The maximum Gasteiger partial charge on any atom is 0.332 e. The molecule has 0 aliphatic heterocycles. The van der Waals surface area contributed by atoms with E-state index in [1.54, 1.807) is 71.6 Å². The minimum atomic E-state index is -0.376. The molecule has 0 aliphatic carbocycles. The summed E-state index contributed by atoms with van der Waals surface area (Å²) in [5.41, 5.74) is 3.86. The molecule has 1 amide bonds. The molecule has 3 aromatic carbocycles. The van der Waals surface area contributed by atoms with Crippen molar-refractivity contribution < 1.29 is 4.79 Å². The number of aromatic nitrogens is 3. The Kier molecular flexibility index (Phi) is 6.28. The molecule has 0 spiro atoms. The van der Waals surface area contributed by atoms with Gasteiger partial charge in [-0.2, -0.15) is 0 Å². The normalized spacial score (nSPS) is 10.9. The Morgan fingerprint density at radius 2 is 1.39 bits per heavy atom. The third-order valence-corrected chi connectivity index (χ3v) is 6.09. The summed E-state index contributed by atoms with van der Waals surface area (Å²) in [6.07, 6.45) is 3.21. The molecular weight excluding hydrogens is 452 g/mol. The van der Waals surface area contributed by atoms with Gasteiger partial charge in [0.2, 0.25) is 0 Å². The lowest BCUT2D eigenvalue weighted by Gasteiger charge is -2.15. The maximum absolute atomic E-state index is 13.5. The van der Waals surface area contributed by atoms with Crippen LogP contribution in [0, 0.1) is 6.92 Å². The van der Waals surface area contributed by atoms with Crippen molar-refractivity contribution in [3.8, 4) is 0 Å². The molecule has 0 saturated heterocycles. The highest BCUT2D eigenvalue weighted by Gasteiger charge is 2.14. The van der Waals surface area contributed by atoms with Gasteiger partial charge in [0, 0.05) is 23.6 Å². The molecule has 5 aromatic rings. The predicted molar refractivity (Wildman–Crippen MR) is 140 cm³/mol. The third kappa shape index (κ3) is 4.72. The van der Waals surface area contributed by atoms with Gasteiger partial charge >= 0.3 is 5.69 Å². The first kappa shape index (κ1) is 23.0. The largest absolute Gasteiger partial charge is 0.332 e. The Labute approximate surface area is 207 Å². The number of hydrogen-bond acceptors (Lipinski definition) is 4. The minimum absolute atomic E-state index is 0.0999. The van der Waals surface area contributed by atoms with Gasteiger partial charge in [0.05, 0.1) is 24.0 Å². The van der Waals surface area contributed by atoms with Crippen LogP contribution in [0.15, 0.2) is 107 Å². The molecule has 7 heteroatoms. The SMILES string of the molecule is Cc1ccc(Cn2c(=O)n(Cc3ccc(C(=O)Nc4ccncc4)cc3)c(=O)c3ccccc32)cc1. The molecule has 36 heavy (non-hydrogen) atoms. The van der Waals surface area contributed by atoms with E-state index in [9.17, 15) is 14.4 Å². The topological polar surface area (TPSA) is 86.0 Å². The molecule has 0 radical (unpaired) electrons. The summed E-state index contributed by atoms with van der Waals surface area (Å²) in [5, 5.41) is 3.30. The van der Waals surface area contributed by atoms with E-state index in [1.165, 1.54) is 4.57 Å². The second-order valence-corrected chi connectivity index (χ2v) is 8.65. The van der Waals surface area contributed by atoms with E-state index in [2.05, 4.69) is 10.3 Å². The molecular formula is C29H24N4O3. The van der Waals surface area contributed by atoms with E-state index < -0.39 is 0 Å². The van der Waals surface area contributed by atoms with Crippen LogP contribution in [0.2, 0.25) is 0 Å². The van der Waals surface area contributed by atoms with Crippen LogP contribution in [0.4, 0.5) is 5.69 Å². The lowest BCUT2D eigenvalue weighted by molar-refractivity contribution is 0.102. The number of aryl methyl sites for hydroxylation is 1. The molecule has 0 atom stereocenters. The van der Waals surface area contributed by atoms with Crippen molar-refractivity contribution in [2.24, 2.45) is 0 Å². The smallest absolute Gasteiger partial charge is 0.322 e. The van der Waals surface area contributed by atoms with E-state index in [0.717, 1.165) is 16.7 Å². The minimum Gasteiger partial charge on any atom is -0.322 e. The van der Waals surface area contributed by atoms with Crippen LogP contribution in [0.1, 0.15) is 27.0 Å². The van der Waals surface area contributed by atoms with Gasteiger partial charge in [-0.05, 0) is 54.4 Å². The zero-order valence-electron chi connectivity index (χ0n) is 19.7. The Hall–Kier alpha value is -4.78. The number of fused-ring (bicyclic) bond motifs is 1.